The average molecular weight is 236 g/mol. The third kappa shape index (κ3) is 2.74. The zero-order valence-electron chi connectivity index (χ0n) is 9.54. The first-order chi connectivity index (χ1) is 8.20. The monoisotopic (exact) mass is 236 g/mol. The molecule has 1 fully saturated rings. The summed E-state index contributed by atoms with van der Waals surface area (Å²) in [6.07, 6.45) is 3.41. The summed E-state index contributed by atoms with van der Waals surface area (Å²) in [5.74, 6) is 1.09. The molecule has 5 nitrogen and oxygen atoms in total. The first kappa shape index (κ1) is 11.9. The van der Waals surface area contributed by atoms with Crippen molar-refractivity contribution < 1.29 is 9.66 Å². The van der Waals surface area contributed by atoms with Gasteiger partial charge in [0, 0.05) is 18.1 Å². The quantitative estimate of drug-likeness (QED) is 0.641. The molecular weight excluding hydrogens is 220 g/mol. The van der Waals surface area contributed by atoms with Crippen LogP contribution in [0.4, 0.5) is 5.69 Å². The number of nitrogens with two attached hydrogens (primary N) is 1. The lowest BCUT2D eigenvalue weighted by Gasteiger charge is -2.19. The third-order valence-electron chi connectivity index (χ3n) is 3.23. The van der Waals surface area contributed by atoms with Gasteiger partial charge in [-0.1, -0.05) is 0 Å². The molecule has 2 unspecified atom stereocenters. The van der Waals surface area contributed by atoms with Crippen molar-refractivity contribution in [3.05, 3.63) is 34.4 Å². The number of benzene rings is 1. The maximum absolute atomic E-state index is 10.5. The topological polar surface area (TPSA) is 78.4 Å². The number of hydrogen-bond donors (Lipinski definition) is 1. The van der Waals surface area contributed by atoms with Crippen LogP contribution in [0, 0.1) is 16.0 Å². The minimum Gasteiger partial charge on any atom is -0.490 e. The van der Waals surface area contributed by atoms with Crippen molar-refractivity contribution in [1.82, 2.24) is 0 Å². The molecule has 0 aromatic heterocycles. The highest BCUT2D eigenvalue weighted by Crippen LogP contribution is 2.29. The predicted molar refractivity (Wildman–Crippen MR) is 63.9 cm³/mol. The van der Waals surface area contributed by atoms with Crippen LogP contribution in [0.2, 0.25) is 0 Å². The van der Waals surface area contributed by atoms with Gasteiger partial charge in [-0.25, -0.2) is 0 Å². The second kappa shape index (κ2) is 5.14. The molecule has 1 saturated carbocycles. The van der Waals surface area contributed by atoms with E-state index in [1.54, 1.807) is 12.1 Å². The summed E-state index contributed by atoms with van der Waals surface area (Å²) in [5, 5.41) is 10.5. The van der Waals surface area contributed by atoms with Crippen molar-refractivity contribution in [2.75, 3.05) is 6.54 Å². The maximum Gasteiger partial charge on any atom is 0.269 e. The van der Waals surface area contributed by atoms with E-state index in [2.05, 4.69) is 0 Å². The summed E-state index contributed by atoms with van der Waals surface area (Å²) in [7, 11) is 0. The Morgan fingerprint density at radius 2 is 2.06 bits per heavy atom. The van der Waals surface area contributed by atoms with E-state index in [4.69, 9.17) is 10.5 Å². The van der Waals surface area contributed by atoms with Crippen molar-refractivity contribution >= 4 is 5.69 Å². The standard InChI is InChI=1S/C12H16N2O3/c13-8-9-2-1-3-12(9)17-11-6-4-10(5-7-11)14(15)16/h4-7,9,12H,1-3,8,13H2. The lowest BCUT2D eigenvalue weighted by atomic mass is 10.1. The fraction of sp³-hybridized carbons (Fsp3) is 0.500. The van der Waals surface area contributed by atoms with E-state index in [1.165, 1.54) is 12.1 Å². The molecule has 5 heteroatoms. The number of hydrogen-bond acceptors (Lipinski definition) is 4. The van der Waals surface area contributed by atoms with Gasteiger partial charge >= 0.3 is 0 Å². The van der Waals surface area contributed by atoms with Crippen LogP contribution in [0.25, 0.3) is 0 Å². The second-order valence-corrected chi connectivity index (χ2v) is 4.33. The summed E-state index contributed by atoms with van der Waals surface area (Å²) in [6, 6.07) is 6.21. The van der Waals surface area contributed by atoms with Crippen molar-refractivity contribution in [2.45, 2.75) is 25.4 Å². The molecule has 0 spiro atoms. The molecule has 0 bridgehead atoms. The molecular formula is C12H16N2O3. The summed E-state index contributed by atoms with van der Waals surface area (Å²) < 4.78 is 5.81. The molecule has 1 aromatic carbocycles. The number of ether oxygens (including phenoxy) is 1. The van der Waals surface area contributed by atoms with Gasteiger partial charge in [-0.05, 0) is 37.9 Å². The fourth-order valence-electron chi connectivity index (χ4n) is 2.25. The molecule has 0 saturated heterocycles. The summed E-state index contributed by atoms with van der Waals surface area (Å²) >= 11 is 0. The van der Waals surface area contributed by atoms with Crippen LogP contribution in [-0.4, -0.2) is 17.6 Å². The van der Waals surface area contributed by atoms with Gasteiger partial charge in [-0.15, -0.1) is 0 Å². The van der Waals surface area contributed by atoms with E-state index < -0.39 is 4.92 Å². The van der Waals surface area contributed by atoms with Gasteiger partial charge in [-0.2, -0.15) is 0 Å². The van der Waals surface area contributed by atoms with Crippen LogP contribution in [0.5, 0.6) is 5.75 Å². The van der Waals surface area contributed by atoms with Gasteiger partial charge in [0.1, 0.15) is 11.9 Å². The van der Waals surface area contributed by atoms with Crippen molar-refractivity contribution in [3.8, 4) is 5.75 Å². The molecule has 0 amide bonds. The van der Waals surface area contributed by atoms with E-state index in [0.717, 1.165) is 19.3 Å². The zero-order valence-corrected chi connectivity index (χ0v) is 9.54. The van der Waals surface area contributed by atoms with E-state index in [1.807, 2.05) is 0 Å². The number of nitrogens with zero attached hydrogens (tertiary/aromatic N) is 1. The van der Waals surface area contributed by atoms with Gasteiger partial charge in [0.2, 0.25) is 0 Å². The van der Waals surface area contributed by atoms with Crippen LogP contribution >= 0.6 is 0 Å². The fourth-order valence-corrected chi connectivity index (χ4v) is 2.25. The van der Waals surface area contributed by atoms with Crippen LogP contribution in [0.1, 0.15) is 19.3 Å². The number of rotatable bonds is 4. The molecule has 92 valence electrons. The van der Waals surface area contributed by atoms with Gasteiger partial charge in [0.15, 0.2) is 0 Å². The number of nitro benzene ring substituents is 1. The Balaban J connectivity index is 2.01. The van der Waals surface area contributed by atoms with E-state index in [0.29, 0.717) is 18.2 Å². The Morgan fingerprint density at radius 1 is 1.35 bits per heavy atom. The lowest BCUT2D eigenvalue weighted by molar-refractivity contribution is -0.384. The predicted octanol–water partition coefficient (Wildman–Crippen LogP) is 2.10. The second-order valence-electron chi connectivity index (χ2n) is 4.33. The molecule has 1 aliphatic rings. The molecule has 1 aliphatic carbocycles. The summed E-state index contributed by atoms with van der Waals surface area (Å²) in [5.41, 5.74) is 5.75. The lowest BCUT2D eigenvalue weighted by Crippen LogP contribution is -2.27. The summed E-state index contributed by atoms with van der Waals surface area (Å²) in [4.78, 5) is 10.1. The van der Waals surface area contributed by atoms with Gasteiger partial charge in [0.25, 0.3) is 5.69 Å². The van der Waals surface area contributed by atoms with Crippen LogP contribution in [0.15, 0.2) is 24.3 Å². The molecule has 0 heterocycles. The number of non-ortho nitro benzene ring substituents is 1. The van der Waals surface area contributed by atoms with Gasteiger partial charge in [0.05, 0.1) is 4.92 Å². The molecule has 0 aliphatic heterocycles. The smallest absolute Gasteiger partial charge is 0.269 e. The average Bonchev–Trinajstić information content (AvgIpc) is 2.77. The highest BCUT2D eigenvalue weighted by Gasteiger charge is 2.27. The Kier molecular flexibility index (Phi) is 3.58. The molecule has 17 heavy (non-hydrogen) atoms. The Labute approximate surface area is 99.7 Å². The normalized spacial score (nSPS) is 23.6. The Hall–Kier alpha value is -1.62. The van der Waals surface area contributed by atoms with Crippen molar-refractivity contribution in [3.63, 3.8) is 0 Å². The minimum absolute atomic E-state index is 0.0825. The van der Waals surface area contributed by atoms with E-state index >= 15 is 0 Å². The highest BCUT2D eigenvalue weighted by molar-refractivity contribution is 5.36. The molecule has 0 radical (unpaired) electrons. The van der Waals surface area contributed by atoms with Gasteiger partial charge in [-0.3, -0.25) is 10.1 Å². The van der Waals surface area contributed by atoms with Gasteiger partial charge < -0.3 is 10.5 Å². The Bertz CT molecular complexity index is 391. The highest BCUT2D eigenvalue weighted by atomic mass is 16.6. The molecule has 2 N–H and O–H groups in total. The van der Waals surface area contributed by atoms with Crippen molar-refractivity contribution in [1.29, 1.82) is 0 Å². The minimum atomic E-state index is -0.415. The first-order valence-electron chi connectivity index (χ1n) is 5.82. The van der Waals surface area contributed by atoms with E-state index in [9.17, 15) is 10.1 Å². The first-order valence-corrected chi connectivity index (χ1v) is 5.82. The Morgan fingerprint density at radius 3 is 2.65 bits per heavy atom. The maximum atomic E-state index is 10.5. The van der Waals surface area contributed by atoms with Crippen LogP contribution < -0.4 is 10.5 Å². The third-order valence-corrected chi connectivity index (χ3v) is 3.23. The molecule has 1 aromatic rings. The largest absolute Gasteiger partial charge is 0.490 e. The van der Waals surface area contributed by atoms with Crippen LogP contribution in [0.3, 0.4) is 0 Å². The summed E-state index contributed by atoms with van der Waals surface area (Å²) in [6.45, 7) is 0.637. The van der Waals surface area contributed by atoms with Crippen LogP contribution in [-0.2, 0) is 0 Å². The molecule has 2 rings (SSSR count). The van der Waals surface area contributed by atoms with E-state index in [-0.39, 0.29) is 11.8 Å². The SMILES string of the molecule is NCC1CCCC1Oc1ccc([N+](=O)[O-])cc1. The zero-order chi connectivity index (χ0) is 12.3. The number of nitro groups is 1. The molecule has 2 atom stereocenters. The van der Waals surface area contributed by atoms with Crippen molar-refractivity contribution in [2.24, 2.45) is 11.7 Å².